The van der Waals surface area contributed by atoms with Gasteiger partial charge in [0.2, 0.25) is 0 Å². The fraction of sp³-hybridized carbons (Fsp3) is 0.467. The highest BCUT2D eigenvalue weighted by molar-refractivity contribution is 5.95. The number of nitrogens with one attached hydrogen (secondary N) is 1. The van der Waals surface area contributed by atoms with Crippen LogP contribution in [-0.2, 0) is 9.53 Å². The molecule has 0 aliphatic rings. The molecule has 21 heavy (non-hydrogen) atoms. The Morgan fingerprint density at radius 1 is 1.38 bits per heavy atom. The van der Waals surface area contributed by atoms with E-state index in [1.54, 1.807) is 34.6 Å². The van der Waals surface area contributed by atoms with E-state index in [4.69, 9.17) is 10.00 Å². The molecule has 1 amide bonds. The third-order valence-corrected chi connectivity index (χ3v) is 2.55. The molecule has 1 atom stereocenters. The lowest BCUT2D eigenvalue weighted by molar-refractivity contribution is -0.156. The summed E-state index contributed by atoms with van der Waals surface area (Å²) in [7, 11) is 0. The molecular weight excluding hydrogens is 270 g/mol. The Balaban J connectivity index is 2.75. The van der Waals surface area contributed by atoms with Crippen LogP contribution in [0.15, 0.2) is 12.1 Å². The lowest BCUT2D eigenvalue weighted by Gasteiger charge is -2.22. The SMILES string of the molecule is Cc1nc(C(=O)N[C@H](C)C(=O)OC(C)(C)C)ccc1C#N. The maximum atomic E-state index is 12.0. The molecule has 0 aliphatic carbocycles. The topological polar surface area (TPSA) is 92.1 Å². The minimum Gasteiger partial charge on any atom is -0.458 e. The largest absolute Gasteiger partial charge is 0.458 e. The number of ether oxygens (including phenoxy) is 1. The summed E-state index contributed by atoms with van der Waals surface area (Å²) in [6, 6.07) is 4.17. The summed E-state index contributed by atoms with van der Waals surface area (Å²) in [5.74, 6) is -0.998. The number of amides is 1. The molecular formula is C15H19N3O3. The minimum absolute atomic E-state index is 0.155. The number of hydrogen-bond donors (Lipinski definition) is 1. The van der Waals surface area contributed by atoms with Crippen molar-refractivity contribution in [1.29, 1.82) is 5.26 Å². The number of nitriles is 1. The van der Waals surface area contributed by atoms with E-state index in [1.807, 2.05) is 6.07 Å². The van der Waals surface area contributed by atoms with Crippen LogP contribution in [0.2, 0.25) is 0 Å². The van der Waals surface area contributed by atoms with Gasteiger partial charge >= 0.3 is 5.97 Å². The molecule has 0 aliphatic heterocycles. The highest BCUT2D eigenvalue weighted by atomic mass is 16.6. The highest BCUT2D eigenvalue weighted by Crippen LogP contribution is 2.09. The quantitative estimate of drug-likeness (QED) is 0.855. The molecule has 1 heterocycles. The first kappa shape index (κ1) is 16.6. The first-order valence-electron chi connectivity index (χ1n) is 6.55. The zero-order valence-electron chi connectivity index (χ0n) is 12.9. The number of carbonyl (C=O) groups excluding carboxylic acids is 2. The predicted octanol–water partition coefficient (Wildman–Crippen LogP) is 1.72. The van der Waals surface area contributed by atoms with E-state index >= 15 is 0 Å². The first-order chi connectivity index (χ1) is 9.64. The maximum absolute atomic E-state index is 12.0. The Morgan fingerprint density at radius 3 is 2.48 bits per heavy atom. The fourth-order valence-corrected chi connectivity index (χ4v) is 1.53. The first-order valence-corrected chi connectivity index (χ1v) is 6.55. The van der Waals surface area contributed by atoms with Crippen LogP contribution in [0.25, 0.3) is 0 Å². The molecule has 0 aromatic carbocycles. The van der Waals surface area contributed by atoms with Crippen LogP contribution in [0.3, 0.4) is 0 Å². The number of nitrogens with zero attached hydrogens (tertiary/aromatic N) is 2. The minimum atomic E-state index is -0.783. The molecule has 0 saturated heterocycles. The maximum Gasteiger partial charge on any atom is 0.328 e. The average molecular weight is 289 g/mol. The third kappa shape index (κ3) is 4.88. The van der Waals surface area contributed by atoms with Gasteiger partial charge in [0.25, 0.3) is 5.91 Å². The van der Waals surface area contributed by atoms with Gasteiger partial charge in [0.1, 0.15) is 23.4 Å². The second-order valence-electron chi connectivity index (χ2n) is 5.67. The van der Waals surface area contributed by atoms with Crippen LogP contribution in [-0.4, -0.2) is 28.5 Å². The summed E-state index contributed by atoms with van der Waals surface area (Å²) in [5, 5.41) is 11.3. The zero-order valence-corrected chi connectivity index (χ0v) is 12.9. The second kappa shape index (κ2) is 6.35. The van der Waals surface area contributed by atoms with Crippen LogP contribution >= 0.6 is 0 Å². The summed E-state index contributed by atoms with van der Waals surface area (Å²) in [6.07, 6.45) is 0. The van der Waals surface area contributed by atoms with E-state index in [-0.39, 0.29) is 5.69 Å². The van der Waals surface area contributed by atoms with E-state index in [1.165, 1.54) is 12.1 Å². The van der Waals surface area contributed by atoms with E-state index in [2.05, 4.69) is 10.3 Å². The fourth-order valence-electron chi connectivity index (χ4n) is 1.53. The standard InChI is InChI=1S/C15H19N3O3/c1-9-11(8-16)6-7-12(17-9)13(19)18-10(2)14(20)21-15(3,4)5/h6-7,10H,1-5H3,(H,18,19)/t10-/m1/s1. The van der Waals surface area contributed by atoms with Crippen molar-refractivity contribution in [3.63, 3.8) is 0 Å². The van der Waals surface area contributed by atoms with Crippen LogP contribution < -0.4 is 5.32 Å². The van der Waals surface area contributed by atoms with Crippen LogP contribution in [0.1, 0.15) is 49.4 Å². The van der Waals surface area contributed by atoms with Gasteiger partial charge in [-0.25, -0.2) is 9.78 Å². The zero-order chi connectivity index (χ0) is 16.2. The normalized spacial score (nSPS) is 12.2. The van der Waals surface area contributed by atoms with Crippen molar-refractivity contribution in [1.82, 2.24) is 10.3 Å². The number of esters is 1. The molecule has 0 bridgehead atoms. The van der Waals surface area contributed by atoms with Gasteiger partial charge in [0.15, 0.2) is 0 Å². The van der Waals surface area contributed by atoms with Gasteiger partial charge < -0.3 is 10.1 Å². The molecule has 0 radical (unpaired) electrons. The number of carbonyl (C=O) groups is 2. The number of aromatic nitrogens is 1. The van der Waals surface area contributed by atoms with Gasteiger partial charge in [-0.3, -0.25) is 4.79 Å². The molecule has 1 aromatic heterocycles. The molecule has 1 aromatic rings. The van der Waals surface area contributed by atoms with Crippen LogP contribution in [0.5, 0.6) is 0 Å². The van der Waals surface area contributed by atoms with E-state index in [9.17, 15) is 9.59 Å². The number of aryl methyl sites for hydroxylation is 1. The summed E-state index contributed by atoms with van der Waals surface area (Å²) in [5.41, 5.74) is 0.419. The summed E-state index contributed by atoms with van der Waals surface area (Å²) in [4.78, 5) is 27.8. The van der Waals surface area contributed by atoms with Gasteiger partial charge in [-0.2, -0.15) is 5.26 Å². The Morgan fingerprint density at radius 2 is 2.00 bits per heavy atom. The molecule has 0 unspecified atom stereocenters. The lowest BCUT2D eigenvalue weighted by atomic mass is 10.2. The van der Waals surface area contributed by atoms with Gasteiger partial charge in [0, 0.05) is 0 Å². The number of pyridine rings is 1. The van der Waals surface area contributed by atoms with Crippen molar-refractivity contribution < 1.29 is 14.3 Å². The Bertz CT molecular complexity index is 597. The van der Waals surface area contributed by atoms with Crippen molar-refractivity contribution in [2.24, 2.45) is 0 Å². The third-order valence-electron chi connectivity index (χ3n) is 2.55. The average Bonchev–Trinajstić information content (AvgIpc) is 2.36. The van der Waals surface area contributed by atoms with E-state index in [0.717, 1.165) is 0 Å². The van der Waals surface area contributed by atoms with Gasteiger partial charge in [-0.15, -0.1) is 0 Å². The Kier molecular flexibility index (Phi) is 5.03. The molecule has 6 heteroatoms. The monoisotopic (exact) mass is 289 g/mol. The van der Waals surface area contributed by atoms with Crippen molar-refractivity contribution in [2.45, 2.75) is 46.3 Å². The van der Waals surface area contributed by atoms with E-state index < -0.39 is 23.5 Å². The summed E-state index contributed by atoms with van der Waals surface area (Å²) in [6.45, 7) is 8.45. The molecule has 0 saturated carbocycles. The van der Waals surface area contributed by atoms with Gasteiger partial charge in [-0.05, 0) is 46.8 Å². The van der Waals surface area contributed by atoms with Crippen molar-refractivity contribution in [3.8, 4) is 6.07 Å². The van der Waals surface area contributed by atoms with Crippen molar-refractivity contribution in [2.75, 3.05) is 0 Å². The van der Waals surface area contributed by atoms with Gasteiger partial charge in [0.05, 0.1) is 11.3 Å². The van der Waals surface area contributed by atoms with Crippen LogP contribution in [0, 0.1) is 18.3 Å². The predicted molar refractivity (Wildman–Crippen MR) is 76.5 cm³/mol. The highest BCUT2D eigenvalue weighted by Gasteiger charge is 2.23. The second-order valence-corrected chi connectivity index (χ2v) is 5.67. The Hall–Kier alpha value is -2.42. The molecule has 6 nitrogen and oxygen atoms in total. The summed E-state index contributed by atoms with van der Waals surface area (Å²) >= 11 is 0. The molecule has 1 N–H and O–H groups in total. The lowest BCUT2D eigenvalue weighted by Crippen LogP contribution is -2.42. The van der Waals surface area contributed by atoms with Crippen LogP contribution in [0.4, 0.5) is 0 Å². The van der Waals surface area contributed by atoms with Crippen molar-refractivity contribution in [3.05, 3.63) is 29.1 Å². The number of hydrogen-bond acceptors (Lipinski definition) is 5. The van der Waals surface area contributed by atoms with Gasteiger partial charge in [-0.1, -0.05) is 0 Å². The summed E-state index contributed by atoms with van der Waals surface area (Å²) < 4.78 is 5.18. The molecule has 0 fully saturated rings. The molecule has 0 spiro atoms. The Labute approximate surface area is 124 Å². The van der Waals surface area contributed by atoms with E-state index in [0.29, 0.717) is 11.3 Å². The molecule has 112 valence electrons. The number of rotatable bonds is 3. The smallest absolute Gasteiger partial charge is 0.328 e. The van der Waals surface area contributed by atoms with Crippen molar-refractivity contribution >= 4 is 11.9 Å². The molecule has 1 rings (SSSR count).